The first kappa shape index (κ1) is 11.6. The molecule has 1 saturated heterocycles. The maximum absolute atomic E-state index is 9.02. The smallest absolute Gasteiger partial charge is 0.0700 e. The van der Waals surface area contributed by atoms with E-state index in [1.54, 1.807) is 0 Å². The second kappa shape index (κ2) is 5.99. The maximum atomic E-state index is 9.02. The first-order chi connectivity index (χ1) is 7.88. The fourth-order valence-corrected chi connectivity index (χ4v) is 2.02. The average molecular weight is 221 g/mol. The van der Waals surface area contributed by atoms with E-state index in [2.05, 4.69) is 11.4 Å². The number of nitrogens with one attached hydrogen (secondary N) is 1. The molecule has 3 nitrogen and oxygen atoms in total. The van der Waals surface area contributed by atoms with Gasteiger partial charge in [0, 0.05) is 19.7 Å². The predicted octanol–water partition coefficient (Wildman–Crippen LogP) is 1.45. The summed E-state index contributed by atoms with van der Waals surface area (Å²) in [6, 6.07) is 8.02. The molecule has 88 valence electrons. The molecular formula is C13H19NO2. The maximum Gasteiger partial charge on any atom is 0.0700 e. The van der Waals surface area contributed by atoms with Crippen molar-refractivity contribution in [1.82, 2.24) is 5.32 Å². The molecule has 0 saturated carbocycles. The highest BCUT2D eigenvalue weighted by Crippen LogP contribution is 2.11. The minimum Gasteiger partial charge on any atom is -0.392 e. The average Bonchev–Trinajstić information content (AvgIpc) is 2.82. The van der Waals surface area contributed by atoms with Crippen LogP contribution in [0.1, 0.15) is 24.0 Å². The molecule has 1 aliphatic heterocycles. The third-order valence-electron chi connectivity index (χ3n) is 2.90. The number of aliphatic hydroxyl groups excluding tert-OH is 1. The van der Waals surface area contributed by atoms with Crippen LogP contribution in [-0.2, 0) is 17.9 Å². The van der Waals surface area contributed by atoms with E-state index in [1.165, 1.54) is 18.4 Å². The van der Waals surface area contributed by atoms with Crippen LogP contribution in [0.15, 0.2) is 24.3 Å². The summed E-state index contributed by atoms with van der Waals surface area (Å²) < 4.78 is 5.53. The van der Waals surface area contributed by atoms with E-state index < -0.39 is 0 Å². The Morgan fingerprint density at radius 2 is 2.25 bits per heavy atom. The molecule has 1 unspecified atom stereocenters. The topological polar surface area (TPSA) is 41.5 Å². The molecule has 1 heterocycles. The molecule has 0 spiro atoms. The molecule has 0 amide bonds. The zero-order valence-electron chi connectivity index (χ0n) is 9.48. The minimum atomic E-state index is 0.111. The van der Waals surface area contributed by atoms with Gasteiger partial charge in [0.05, 0.1) is 12.7 Å². The molecule has 1 fully saturated rings. The van der Waals surface area contributed by atoms with Gasteiger partial charge in [-0.1, -0.05) is 24.3 Å². The Balaban J connectivity index is 1.75. The standard InChI is InChI=1S/C13H19NO2/c15-10-12-4-1-3-11(7-12)8-14-9-13-5-2-6-16-13/h1,3-4,7,13-15H,2,5-6,8-10H2. The fourth-order valence-electron chi connectivity index (χ4n) is 2.02. The number of benzene rings is 1. The van der Waals surface area contributed by atoms with Crippen LogP contribution >= 0.6 is 0 Å². The summed E-state index contributed by atoms with van der Waals surface area (Å²) in [6.45, 7) is 2.78. The number of aliphatic hydroxyl groups is 1. The van der Waals surface area contributed by atoms with Gasteiger partial charge in [-0.3, -0.25) is 0 Å². The summed E-state index contributed by atoms with van der Waals surface area (Å²) in [4.78, 5) is 0. The quantitative estimate of drug-likeness (QED) is 0.790. The van der Waals surface area contributed by atoms with Gasteiger partial charge in [-0.15, -0.1) is 0 Å². The molecule has 16 heavy (non-hydrogen) atoms. The van der Waals surface area contributed by atoms with Crippen LogP contribution in [0.2, 0.25) is 0 Å². The highest BCUT2D eigenvalue weighted by molar-refractivity contribution is 5.22. The SMILES string of the molecule is OCc1cccc(CNCC2CCCO2)c1. The Bertz CT molecular complexity index is 321. The van der Waals surface area contributed by atoms with Crippen LogP contribution in [-0.4, -0.2) is 24.4 Å². The molecule has 0 bridgehead atoms. The third kappa shape index (κ3) is 3.30. The third-order valence-corrected chi connectivity index (χ3v) is 2.90. The van der Waals surface area contributed by atoms with Crippen LogP contribution in [0, 0.1) is 0 Å². The predicted molar refractivity (Wildman–Crippen MR) is 63.0 cm³/mol. The lowest BCUT2D eigenvalue weighted by atomic mass is 10.1. The number of ether oxygens (including phenoxy) is 1. The van der Waals surface area contributed by atoms with Gasteiger partial charge in [0.15, 0.2) is 0 Å². The Morgan fingerprint density at radius 1 is 1.38 bits per heavy atom. The monoisotopic (exact) mass is 221 g/mol. The largest absolute Gasteiger partial charge is 0.392 e. The van der Waals surface area contributed by atoms with Crippen molar-refractivity contribution >= 4 is 0 Å². The van der Waals surface area contributed by atoms with Crippen molar-refractivity contribution < 1.29 is 9.84 Å². The van der Waals surface area contributed by atoms with E-state index in [9.17, 15) is 0 Å². The second-order valence-electron chi connectivity index (χ2n) is 4.24. The first-order valence-electron chi connectivity index (χ1n) is 5.89. The highest BCUT2D eigenvalue weighted by atomic mass is 16.5. The summed E-state index contributed by atoms with van der Waals surface area (Å²) in [7, 11) is 0. The van der Waals surface area contributed by atoms with Crippen molar-refractivity contribution in [2.45, 2.75) is 32.1 Å². The molecule has 3 heteroatoms. The van der Waals surface area contributed by atoms with Crippen molar-refractivity contribution in [1.29, 1.82) is 0 Å². The summed E-state index contributed by atoms with van der Waals surface area (Å²) >= 11 is 0. The Labute approximate surface area is 96.4 Å². The van der Waals surface area contributed by atoms with E-state index in [4.69, 9.17) is 9.84 Å². The van der Waals surface area contributed by atoms with E-state index in [-0.39, 0.29) is 6.61 Å². The summed E-state index contributed by atoms with van der Waals surface area (Å²) in [5.41, 5.74) is 2.18. The van der Waals surface area contributed by atoms with Gasteiger partial charge < -0.3 is 15.2 Å². The molecule has 1 aromatic carbocycles. The molecule has 0 aromatic heterocycles. The van der Waals surface area contributed by atoms with E-state index >= 15 is 0 Å². The molecule has 0 radical (unpaired) electrons. The van der Waals surface area contributed by atoms with Crippen molar-refractivity contribution in [3.63, 3.8) is 0 Å². The molecule has 1 aliphatic rings. The molecule has 0 aliphatic carbocycles. The zero-order chi connectivity index (χ0) is 11.2. The summed E-state index contributed by atoms with van der Waals surface area (Å²) in [6.07, 6.45) is 2.75. The summed E-state index contributed by atoms with van der Waals surface area (Å²) in [5.74, 6) is 0. The van der Waals surface area contributed by atoms with Crippen molar-refractivity contribution in [3.8, 4) is 0 Å². The van der Waals surface area contributed by atoms with Crippen LogP contribution in [0.4, 0.5) is 0 Å². The second-order valence-corrected chi connectivity index (χ2v) is 4.24. The van der Waals surface area contributed by atoms with E-state index in [0.29, 0.717) is 6.10 Å². The Hall–Kier alpha value is -0.900. The lowest BCUT2D eigenvalue weighted by Gasteiger charge is -2.11. The van der Waals surface area contributed by atoms with Crippen molar-refractivity contribution in [3.05, 3.63) is 35.4 Å². The van der Waals surface area contributed by atoms with Crippen molar-refractivity contribution in [2.24, 2.45) is 0 Å². The van der Waals surface area contributed by atoms with Crippen molar-refractivity contribution in [2.75, 3.05) is 13.2 Å². The zero-order valence-corrected chi connectivity index (χ0v) is 9.48. The van der Waals surface area contributed by atoms with Gasteiger partial charge in [-0.05, 0) is 24.0 Å². The lowest BCUT2D eigenvalue weighted by molar-refractivity contribution is 0.110. The number of hydrogen-bond acceptors (Lipinski definition) is 3. The van der Waals surface area contributed by atoms with Gasteiger partial charge in [0.2, 0.25) is 0 Å². The number of hydrogen-bond donors (Lipinski definition) is 2. The number of rotatable bonds is 5. The van der Waals surface area contributed by atoms with Gasteiger partial charge >= 0.3 is 0 Å². The van der Waals surface area contributed by atoms with Crippen LogP contribution in [0.5, 0.6) is 0 Å². The molecular weight excluding hydrogens is 202 g/mol. The molecule has 1 atom stereocenters. The molecule has 2 rings (SSSR count). The lowest BCUT2D eigenvalue weighted by Crippen LogP contribution is -2.25. The normalized spacial score (nSPS) is 20.2. The van der Waals surface area contributed by atoms with Crippen LogP contribution in [0.25, 0.3) is 0 Å². The molecule has 1 aromatic rings. The highest BCUT2D eigenvalue weighted by Gasteiger charge is 2.14. The molecule has 2 N–H and O–H groups in total. The minimum absolute atomic E-state index is 0.111. The van der Waals surface area contributed by atoms with Crippen LogP contribution in [0.3, 0.4) is 0 Å². The fraction of sp³-hybridized carbons (Fsp3) is 0.538. The van der Waals surface area contributed by atoms with Crippen LogP contribution < -0.4 is 5.32 Å². The van der Waals surface area contributed by atoms with Gasteiger partial charge in [0.25, 0.3) is 0 Å². The van der Waals surface area contributed by atoms with Gasteiger partial charge in [-0.2, -0.15) is 0 Å². The van der Waals surface area contributed by atoms with E-state index in [0.717, 1.165) is 25.3 Å². The van der Waals surface area contributed by atoms with Gasteiger partial charge in [0.1, 0.15) is 0 Å². The Kier molecular flexibility index (Phi) is 4.34. The van der Waals surface area contributed by atoms with E-state index in [1.807, 2.05) is 18.2 Å². The van der Waals surface area contributed by atoms with Gasteiger partial charge in [-0.25, -0.2) is 0 Å². The first-order valence-corrected chi connectivity index (χ1v) is 5.89. The summed E-state index contributed by atoms with van der Waals surface area (Å²) in [5, 5.41) is 12.4. The Morgan fingerprint density at radius 3 is 3.00 bits per heavy atom.